The molecule has 2 fully saturated rings. The van der Waals surface area contributed by atoms with E-state index >= 15 is 0 Å². The summed E-state index contributed by atoms with van der Waals surface area (Å²) in [6, 6.07) is 11.5. The molecule has 3 heterocycles. The molecule has 152 valence electrons. The van der Waals surface area contributed by atoms with E-state index in [1.165, 1.54) is 11.9 Å². The first-order valence-electron chi connectivity index (χ1n) is 9.36. The molecule has 2 saturated heterocycles. The summed E-state index contributed by atoms with van der Waals surface area (Å²) >= 11 is 8.04. The first kappa shape index (κ1) is 20.0. The van der Waals surface area contributed by atoms with Crippen LogP contribution in [0.5, 0.6) is 0 Å². The van der Waals surface area contributed by atoms with Gasteiger partial charge in [-0.05, 0) is 18.2 Å². The normalized spacial score (nSPS) is 18.9. The van der Waals surface area contributed by atoms with Crippen LogP contribution in [0.3, 0.4) is 0 Å². The number of halogens is 1. The summed E-state index contributed by atoms with van der Waals surface area (Å²) in [6.45, 7) is 4.15. The Bertz CT molecular complexity index is 955. The highest BCUT2D eigenvalue weighted by Gasteiger charge is 2.42. The van der Waals surface area contributed by atoms with Gasteiger partial charge in [0, 0.05) is 60.1 Å². The summed E-state index contributed by atoms with van der Waals surface area (Å²) in [6.07, 6.45) is 0. The molecule has 29 heavy (non-hydrogen) atoms. The molecule has 0 N–H and O–H groups in total. The van der Waals surface area contributed by atoms with Gasteiger partial charge in [-0.3, -0.25) is 24.3 Å². The fraction of sp³-hybridized carbons (Fsp3) is 0.350. The number of hydrogen-bond donors (Lipinski definition) is 0. The second-order valence-electron chi connectivity index (χ2n) is 7.16. The predicted molar refractivity (Wildman–Crippen MR) is 111 cm³/mol. The van der Waals surface area contributed by atoms with Gasteiger partial charge in [0.05, 0.1) is 6.67 Å². The van der Waals surface area contributed by atoms with Crippen molar-refractivity contribution in [3.8, 4) is 10.4 Å². The van der Waals surface area contributed by atoms with Crippen molar-refractivity contribution in [1.82, 2.24) is 19.6 Å². The monoisotopic (exact) mass is 432 g/mol. The molecule has 0 saturated carbocycles. The SMILES string of the molecule is CN1C(=O)C(=O)N(CN2CCN(Cc3ccc(-c4ccccc4Cl)s3)CC2)C1=O. The van der Waals surface area contributed by atoms with Crippen LogP contribution in [0.1, 0.15) is 4.88 Å². The second kappa shape index (κ2) is 8.23. The zero-order chi connectivity index (χ0) is 20.5. The van der Waals surface area contributed by atoms with Crippen LogP contribution in [0.4, 0.5) is 4.79 Å². The molecule has 0 bridgehead atoms. The van der Waals surface area contributed by atoms with E-state index in [1.807, 2.05) is 29.2 Å². The number of piperazine rings is 1. The quantitative estimate of drug-likeness (QED) is 0.536. The topological polar surface area (TPSA) is 64.2 Å². The number of carbonyl (C=O) groups excluding carboxylic acids is 3. The van der Waals surface area contributed by atoms with Crippen molar-refractivity contribution in [2.45, 2.75) is 6.54 Å². The Balaban J connectivity index is 1.31. The van der Waals surface area contributed by atoms with Gasteiger partial charge in [-0.15, -0.1) is 11.3 Å². The van der Waals surface area contributed by atoms with Crippen LogP contribution < -0.4 is 0 Å². The summed E-state index contributed by atoms with van der Waals surface area (Å²) in [4.78, 5) is 44.3. The average molecular weight is 433 g/mol. The van der Waals surface area contributed by atoms with Gasteiger partial charge >= 0.3 is 17.8 Å². The van der Waals surface area contributed by atoms with E-state index in [9.17, 15) is 14.4 Å². The van der Waals surface area contributed by atoms with E-state index < -0.39 is 17.8 Å². The van der Waals surface area contributed by atoms with E-state index in [2.05, 4.69) is 17.0 Å². The zero-order valence-electron chi connectivity index (χ0n) is 16.0. The molecule has 0 spiro atoms. The number of imide groups is 2. The molecule has 1 aromatic carbocycles. The Morgan fingerprint density at radius 2 is 1.62 bits per heavy atom. The third-order valence-electron chi connectivity index (χ3n) is 5.24. The summed E-state index contributed by atoms with van der Waals surface area (Å²) in [7, 11) is 1.33. The maximum atomic E-state index is 12.0. The minimum absolute atomic E-state index is 0.164. The van der Waals surface area contributed by atoms with E-state index in [4.69, 9.17) is 11.6 Å². The zero-order valence-corrected chi connectivity index (χ0v) is 17.6. The summed E-state index contributed by atoms with van der Waals surface area (Å²) in [5.41, 5.74) is 1.05. The highest BCUT2D eigenvalue weighted by Crippen LogP contribution is 2.33. The molecule has 0 atom stereocenters. The van der Waals surface area contributed by atoms with Crippen LogP contribution in [0.2, 0.25) is 5.02 Å². The van der Waals surface area contributed by atoms with E-state index in [1.54, 1.807) is 11.3 Å². The lowest BCUT2D eigenvalue weighted by molar-refractivity contribution is -0.143. The summed E-state index contributed by atoms with van der Waals surface area (Å²) < 4.78 is 0. The van der Waals surface area contributed by atoms with Crippen molar-refractivity contribution < 1.29 is 14.4 Å². The smallest absolute Gasteiger partial charge is 0.296 e. The van der Waals surface area contributed by atoms with Crippen LogP contribution in [0.15, 0.2) is 36.4 Å². The second-order valence-corrected chi connectivity index (χ2v) is 8.74. The largest absolute Gasteiger partial charge is 0.335 e. The van der Waals surface area contributed by atoms with Gasteiger partial charge in [0.2, 0.25) is 0 Å². The number of thiophene rings is 1. The van der Waals surface area contributed by atoms with Crippen LogP contribution in [0.25, 0.3) is 10.4 Å². The molecule has 0 radical (unpaired) electrons. The summed E-state index contributed by atoms with van der Waals surface area (Å²) in [5.74, 6) is -1.51. The highest BCUT2D eigenvalue weighted by atomic mass is 35.5. The van der Waals surface area contributed by atoms with Crippen LogP contribution >= 0.6 is 22.9 Å². The lowest BCUT2D eigenvalue weighted by Crippen LogP contribution is -2.51. The Hall–Kier alpha value is -2.26. The average Bonchev–Trinajstić information content (AvgIpc) is 3.25. The number of nitrogens with zero attached hydrogens (tertiary/aromatic N) is 4. The van der Waals surface area contributed by atoms with E-state index in [0.717, 1.165) is 58.0 Å². The van der Waals surface area contributed by atoms with Gasteiger partial charge in [0.25, 0.3) is 0 Å². The van der Waals surface area contributed by atoms with Crippen LogP contribution in [-0.2, 0) is 16.1 Å². The molecule has 2 aromatic rings. The third kappa shape index (κ3) is 4.06. The molecule has 4 amide bonds. The van der Waals surface area contributed by atoms with Gasteiger partial charge in [-0.1, -0.05) is 29.8 Å². The first-order chi connectivity index (χ1) is 13.9. The van der Waals surface area contributed by atoms with Crippen molar-refractivity contribution in [2.75, 3.05) is 39.9 Å². The predicted octanol–water partition coefficient (Wildman–Crippen LogP) is 2.56. The first-order valence-corrected chi connectivity index (χ1v) is 10.6. The molecule has 0 aliphatic carbocycles. The molecule has 4 rings (SSSR count). The van der Waals surface area contributed by atoms with Crippen LogP contribution in [0, 0.1) is 0 Å². The molecule has 9 heteroatoms. The molecule has 2 aliphatic heterocycles. The van der Waals surface area contributed by atoms with Gasteiger partial charge in [-0.25, -0.2) is 9.69 Å². The Morgan fingerprint density at radius 3 is 2.28 bits per heavy atom. The van der Waals surface area contributed by atoms with Crippen molar-refractivity contribution >= 4 is 40.8 Å². The lowest BCUT2D eigenvalue weighted by Gasteiger charge is -2.35. The van der Waals surface area contributed by atoms with Gasteiger partial charge in [-0.2, -0.15) is 0 Å². The maximum absolute atomic E-state index is 12.0. The molecular formula is C20H21ClN4O3S. The number of likely N-dealkylation sites (N-methyl/N-ethyl adjacent to an activating group) is 1. The molecule has 1 aromatic heterocycles. The van der Waals surface area contributed by atoms with Gasteiger partial charge in [0.1, 0.15) is 0 Å². The number of rotatable bonds is 5. The van der Waals surface area contributed by atoms with E-state index in [0.29, 0.717) is 0 Å². The lowest BCUT2D eigenvalue weighted by atomic mass is 10.2. The minimum Gasteiger partial charge on any atom is -0.296 e. The number of hydrogen-bond acceptors (Lipinski definition) is 6. The summed E-state index contributed by atoms with van der Waals surface area (Å²) in [5, 5.41) is 0.754. The Kier molecular flexibility index (Phi) is 5.69. The highest BCUT2D eigenvalue weighted by molar-refractivity contribution is 7.15. The van der Waals surface area contributed by atoms with Crippen molar-refractivity contribution in [3.63, 3.8) is 0 Å². The minimum atomic E-state index is -0.763. The standard InChI is InChI=1S/C20H21ClN4O3S/c1-22-18(26)19(27)25(20(22)28)13-24-10-8-23(9-11-24)12-14-6-7-17(29-14)15-4-2-3-5-16(15)21/h2-7H,8-13H2,1H3. The number of urea groups is 1. The molecule has 0 unspecified atom stereocenters. The number of amides is 4. The van der Waals surface area contributed by atoms with Gasteiger partial charge in [0.15, 0.2) is 0 Å². The fourth-order valence-electron chi connectivity index (χ4n) is 3.52. The van der Waals surface area contributed by atoms with Crippen molar-refractivity contribution in [1.29, 1.82) is 0 Å². The Morgan fingerprint density at radius 1 is 0.931 bits per heavy atom. The van der Waals surface area contributed by atoms with Crippen molar-refractivity contribution in [3.05, 3.63) is 46.3 Å². The number of benzene rings is 1. The Labute approximate surface area is 178 Å². The molecule has 7 nitrogen and oxygen atoms in total. The van der Waals surface area contributed by atoms with E-state index in [-0.39, 0.29) is 6.67 Å². The van der Waals surface area contributed by atoms with Crippen molar-refractivity contribution in [2.24, 2.45) is 0 Å². The third-order valence-corrected chi connectivity index (χ3v) is 6.67. The van der Waals surface area contributed by atoms with Gasteiger partial charge < -0.3 is 0 Å². The number of carbonyl (C=O) groups is 3. The molecule has 2 aliphatic rings. The van der Waals surface area contributed by atoms with Crippen LogP contribution in [-0.4, -0.2) is 77.3 Å². The molecular weight excluding hydrogens is 412 g/mol. The maximum Gasteiger partial charge on any atom is 0.335 e. The fourth-order valence-corrected chi connectivity index (χ4v) is 4.90.